The van der Waals surface area contributed by atoms with E-state index >= 15 is 0 Å². The van der Waals surface area contributed by atoms with Crippen LogP contribution in [0.2, 0.25) is 5.02 Å². The van der Waals surface area contributed by atoms with E-state index in [1.165, 1.54) is 0 Å². The summed E-state index contributed by atoms with van der Waals surface area (Å²) in [6, 6.07) is 9.05. The van der Waals surface area contributed by atoms with Gasteiger partial charge in [-0.15, -0.1) is 0 Å². The Morgan fingerprint density at radius 1 is 1.12 bits per heavy atom. The lowest BCUT2D eigenvalue weighted by Gasteiger charge is -2.08. The maximum Gasteiger partial charge on any atom is 0.218 e. The van der Waals surface area contributed by atoms with Crippen molar-refractivity contribution in [1.82, 2.24) is 19.9 Å². The molecule has 4 rings (SSSR count). The van der Waals surface area contributed by atoms with Gasteiger partial charge >= 0.3 is 0 Å². The molecule has 4 aromatic heterocycles. The van der Waals surface area contributed by atoms with E-state index in [0.29, 0.717) is 22.8 Å². The molecule has 2 N–H and O–H groups in total. The smallest absolute Gasteiger partial charge is 0.218 e. The van der Waals surface area contributed by atoms with Gasteiger partial charge in [-0.2, -0.15) is 4.39 Å². The third kappa shape index (κ3) is 3.36. The Balaban J connectivity index is 1.57. The van der Waals surface area contributed by atoms with E-state index in [2.05, 4.69) is 25.3 Å². The predicted molar refractivity (Wildman–Crippen MR) is 100 cm³/mol. The molecule has 4 heterocycles. The normalized spacial score (nSPS) is 11.0. The Kier molecular flexibility index (Phi) is 4.26. The molecule has 0 saturated heterocycles. The van der Waals surface area contributed by atoms with Crippen molar-refractivity contribution in [3.63, 3.8) is 0 Å². The highest BCUT2D eigenvalue weighted by Gasteiger charge is 2.11. The van der Waals surface area contributed by atoms with Crippen molar-refractivity contribution in [2.45, 2.75) is 13.3 Å². The SMILES string of the molecule is Cc1ccc(Nc2ccc(Cc3c[nH]c4ncc(Cl)cc34)c(F)n2)cn1. The summed E-state index contributed by atoms with van der Waals surface area (Å²) in [5.74, 6) is -0.0834. The number of pyridine rings is 3. The van der Waals surface area contributed by atoms with Gasteiger partial charge < -0.3 is 10.3 Å². The van der Waals surface area contributed by atoms with E-state index in [4.69, 9.17) is 11.6 Å². The summed E-state index contributed by atoms with van der Waals surface area (Å²) in [6.45, 7) is 1.91. The summed E-state index contributed by atoms with van der Waals surface area (Å²) < 4.78 is 14.5. The molecule has 130 valence electrons. The molecule has 26 heavy (non-hydrogen) atoms. The highest BCUT2D eigenvalue weighted by molar-refractivity contribution is 6.31. The summed E-state index contributed by atoms with van der Waals surface area (Å²) in [7, 11) is 0. The molecule has 5 nitrogen and oxygen atoms in total. The van der Waals surface area contributed by atoms with Gasteiger partial charge in [0.05, 0.1) is 16.9 Å². The lowest BCUT2D eigenvalue weighted by Crippen LogP contribution is -2.00. The monoisotopic (exact) mass is 367 g/mol. The number of hydrogen-bond acceptors (Lipinski definition) is 4. The second-order valence-corrected chi connectivity index (χ2v) is 6.44. The number of hydrogen-bond donors (Lipinski definition) is 2. The number of fused-ring (bicyclic) bond motifs is 1. The predicted octanol–water partition coefficient (Wildman–Crippen LogP) is 4.79. The van der Waals surface area contributed by atoms with Crippen molar-refractivity contribution in [2.24, 2.45) is 0 Å². The van der Waals surface area contributed by atoms with Crippen LogP contribution >= 0.6 is 11.6 Å². The van der Waals surface area contributed by atoms with Gasteiger partial charge in [-0.3, -0.25) is 4.98 Å². The van der Waals surface area contributed by atoms with Crippen molar-refractivity contribution >= 4 is 34.1 Å². The molecule has 0 radical (unpaired) electrons. The molecular weight excluding hydrogens is 353 g/mol. The second-order valence-electron chi connectivity index (χ2n) is 6.00. The molecule has 4 aromatic rings. The van der Waals surface area contributed by atoms with Crippen LogP contribution in [0.4, 0.5) is 15.9 Å². The summed E-state index contributed by atoms with van der Waals surface area (Å²) >= 11 is 6.01. The van der Waals surface area contributed by atoms with Crippen molar-refractivity contribution in [3.8, 4) is 0 Å². The zero-order valence-corrected chi connectivity index (χ0v) is 14.7. The van der Waals surface area contributed by atoms with Crippen molar-refractivity contribution in [1.29, 1.82) is 0 Å². The van der Waals surface area contributed by atoms with Gasteiger partial charge in [0.2, 0.25) is 5.95 Å². The number of anilines is 2. The Labute approximate surface area is 154 Å². The fraction of sp³-hybridized carbons (Fsp3) is 0.105. The first-order valence-electron chi connectivity index (χ1n) is 8.05. The summed E-state index contributed by atoms with van der Waals surface area (Å²) in [4.78, 5) is 15.5. The standard InChI is InChI=1S/C19H15ClFN5/c1-11-2-4-15(10-22-11)25-17-5-3-12(18(21)26-17)6-13-8-23-19-16(13)7-14(20)9-24-19/h2-5,7-10H,6H2,1H3,(H,23,24)(H,25,26). The lowest BCUT2D eigenvalue weighted by atomic mass is 10.1. The Hall–Kier alpha value is -2.99. The highest BCUT2D eigenvalue weighted by atomic mass is 35.5. The first kappa shape index (κ1) is 16.5. The van der Waals surface area contributed by atoms with E-state index in [9.17, 15) is 4.39 Å². The zero-order valence-electron chi connectivity index (χ0n) is 13.9. The number of nitrogens with zero attached hydrogens (tertiary/aromatic N) is 3. The molecule has 0 saturated carbocycles. The van der Waals surface area contributed by atoms with E-state index in [1.807, 2.05) is 31.3 Å². The van der Waals surface area contributed by atoms with E-state index < -0.39 is 5.95 Å². The maximum absolute atomic E-state index is 14.5. The number of aryl methyl sites for hydroxylation is 1. The fourth-order valence-electron chi connectivity index (χ4n) is 2.74. The van der Waals surface area contributed by atoms with Gasteiger partial charge in [-0.05, 0) is 36.8 Å². The molecule has 0 atom stereocenters. The number of aromatic nitrogens is 4. The molecule has 0 aliphatic carbocycles. The first-order valence-corrected chi connectivity index (χ1v) is 8.43. The molecule has 0 spiro atoms. The van der Waals surface area contributed by atoms with Crippen molar-refractivity contribution < 1.29 is 4.39 Å². The van der Waals surface area contributed by atoms with Crippen molar-refractivity contribution in [2.75, 3.05) is 5.32 Å². The Morgan fingerprint density at radius 2 is 2.00 bits per heavy atom. The van der Waals surface area contributed by atoms with Gasteiger partial charge in [0.15, 0.2) is 0 Å². The van der Waals surface area contributed by atoms with Crippen LogP contribution < -0.4 is 5.32 Å². The van der Waals surface area contributed by atoms with Crippen LogP contribution in [0.15, 0.2) is 48.9 Å². The van der Waals surface area contributed by atoms with Crippen LogP contribution in [-0.4, -0.2) is 19.9 Å². The minimum atomic E-state index is -0.514. The molecule has 0 amide bonds. The molecule has 0 aromatic carbocycles. The summed E-state index contributed by atoms with van der Waals surface area (Å²) in [5.41, 5.74) is 3.81. The first-order chi connectivity index (χ1) is 12.6. The van der Waals surface area contributed by atoms with Crippen LogP contribution in [0.1, 0.15) is 16.8 Å². The zero-order chi connectivity index (χ0) is 18.1. The van der Waals surface area contributed by atoms with Crippen LogP contribution in [0.3, 0.4) is 0 Å². The average Bonchev–Trinajstić information content (AvgIpc) is 3.01. The molecule has 7 heteroatoms. The number of rotatable bonds is 4. The topological polar surface area (TPSA) is 66.5 Å². The van der Waals surface area contributed by atoms with E-state index in [0.717, 1.165) is 28.0 Å². The van der Waals surface area contributed by atoms with Crippen LogP contribution in [0, 0.1) is 12.9 Å². The number of nitrogens with one attached hydrogen (secondary N) is 2. The number of H-pyrrole nitrogens is 1. The lowest BCUT2D eigenvalue weighted by molar-refractivity contribution is 0.572. The third-order valence-electron chi connectivity index (χ3n) is 4.07. The van der Waals surface area contributed by atoms with Crippen LogP contribution in [-0.2, 0) is 6.42 Å². The van der Waals surface area contributed by atoms with E-state index in [-0.39, 0.29) is 0 Å². The Bertz CT molecular complexity index is 1080. The highest BCUT2D eigenvalue weighted by Crippen LogP contribution is 2.24. The largest absolute Gasteiger partial charge is 0.346 e. The van der Waals surface area contributed by atoms with Gasteiger partial charge in [0, 0.05) is 35.5 Å². The molecule has 0 unspecified atom stereocenters. The quantitative estimate of drug-likeness (QED) is 0.509. The second kappa shape index (κ2) is 6.72. The molecule has 0 bridgehead atoms. The van der Waals surface area contributed by atoms with Crippen molar-refractivity contribution in [3.05, 3.63) is 76.7 Å². The summed E-state index contributed by atoms with van der Waals surface area (Å²) in [5, 5.41) is 4.47. The van der Waals surface area contributed by atoms with Gasteiger partial charge in [0.1, 0.15) is 11.5 Å². The molecule has 0 fully saturated rings. The molecule has 0 aliphatic rings. The summed E-state index contributed by atoms with van der Waals surface area (Å²) in [6.07, 6.45) is 5.48. The van der Waals surface area contributed by atoms with E-state index in [1.54, 1.807) is 24.5 Å². The number of halogens is 2. The fourth-order valence-corrected chi connectivity index (χ4v) is 2.90. The Morgan fingerprint density at radius 3 is 2.77 bits per heavy atom. The van der Waals surface area contributed by atoms with Gasteiger partial charge in [-0.25, -0.2) is 9.97 Å². The number of aromatic amines is 1. The molecule has 0 aliphatic heterocycles. The van der Waals surface area contributed by atoms with Crippen LogP contribution in [0.5, 0.6) is 0 Å². The minimum absolute atomic E-state index is 0.396. The van der Waals surface area contributed by atoms with Crippen LogP contribution in [0.25, 0.3) is 11.0 Å². The molecular formula is C19H15ClFN5. The minimum Gasteiger partial charge on any atom is -0.346 e. The van der Waals surface area contributed by atoms with Gasteiger partial charge in [0.25, 0.3) is 0 Å². The van der Waals surface area contributed by atoms with Gasteiger partial charge in [-0.1, -0.05) is 17.7 Å². The maximum atomic E-state index is 14.5. The average molecular weight is 368 g/mol. The third-order valence-corrected chi connectivity index (χ3v) is 4.28.